The minimum Gasteiger partial charge on any atom is -0.496 e. The maximum atomic E-state index is 5.46. The first-order valence-electron chi connectivity index (χ1n) is 9.46. The van der Waals surface area contributed by atoms with Gasteiger partial charge in [0.05, 0.1) is 7.11 Å². The van der Waals surface area contributed by atoms with E-state index in [0.717, 1.165) is 42.8 Å². The predicted molar refractivity (Wildman–Crippen MR) is 105 cm³/mol. The van der Waals surface area contributed by atoms with Gasteiger partial charge in [0.25, 0.3) is 0 Å². The summed E-state index contributed by atoms with van der Waals surface area (Å²) in [4.78, 5) is 6.93. The molecule has 5 nitrogen and oxygen atoms in total. The second-order valence-corrected chi connectivity index (χ2v) is 6.90. The number of hydrogen-bond donors (Lipinski definition) is 2. The molecular weight excluding hydrogens is 312 g/mol. The molecule has 0 aromatic heterocycles. The number of ether oxygens (including phenoxy) is 1. The molecule has 1 atom stereocenters. The maximum absolute atomic E-state index is 5.46. The Balaban J connectivity index is 1.72. The van der Waals surface area contributed by atoms with Crippen molar-refractivity contribution in [2.24, 2.45) is 4.99 Å². The second-order valence-electron chi connectivity index (χ2n) is 6.90. The Labute approximate surface area is 152 Å². The van der Waals surface area contributed by atoms with Gasteiger partial charge in [0.2, 0.25) is 0 Å². The van der Waals surface area contributed by atoms with Crippen LogP contribution in [0.1, 0.15) is 43.7 Å². The summed E-state index contributed by atoms with van der Waals surface area (Å²) in [5.74, 6) is 1.76. The van der Waals surface area contributed by atoms with Gasteiger partial charge in [0, 0.05) is 38.3 Å². The highest BCUT2D eigenvalue weighted by atomic mass is 16.5. The number of rotatable bonds is 7. The molecule has 5 heteroatoms. The van der Waals surface area contributed by atoms with Gasteiger partial charge in [-0.2, -0.15) is 0 Å². The molecule has 25 heavy (non-hydrogen) atoms. The number of piperidine rings is 1. The third-order valence-corrected chi connectivity index (χ3v) is 4.97. The van der Waals surface area contributed by atoms with Gasteiger partial charge in [-0.15, -0.1) is 0 Å². The van der Waals surface area contributed by atoms with Gasteiger partial charge in [0.15, 0.2) is 5.96 Å². The lowest BCUT2D eigenvalue weighted by Gasteiger charge is -2.33. The Hall–Kier alpha value is -1.75. The molecule has 1 saturated heterocycles. The van der Waals surface area contributed by atoms with E-state index in [9.17, 15) is 0 Å². The van der Waals surface area contributed by atoms with E-state index >= 15 is 0 Å². The molecule has 1 unspecified atom stereocenters. The fraction of sp³-hybridized carbons (Fsp3) is 0.650. The van der Waals surface area contributed by atoms with E-state index in [2.05, 4.69) is 52.6 Å². The van der Waals surface area contributed by atoms with Crippen molar-refractivity contribution in [3.05, 3.63) is 29.3 Å². The number of aryl methyl sites for hydroxylation is 1. The highest BCUT2D eigenvalue weighted by Gasteiger charge is 2.17. The minimum absolute atomic E-state index is 0.701. The van der Waals surface area contributed by atoms with Crippen LogP contribution >= 0.6 is 0 Å². The first-order valence-corrected chi connectivity index (χ1v) is 9.46. The van der Waals surface area contributed by atoms with Crippen LogP contribution in [0.15, 0.2) is 23.2 Å². The van der Waals surface area contributed by atoms with Crippen LogP contribution in [0, 0.1) is 6.92 Å². The van der Waals surface area contributed by atoms with E-state index in [4.69, 9.17) is 4.74 Å². The molecule has 140 valence electrons. The van der Waals surface area contributed by atoms with Gasteiger partial charge >= 0.3 is 0 Å². The van der Waals surface area contributed by atoms with Crippen molar-refractivity contribution < 1.29 is 4.74 Å². The maximum Gasteiger partial charge on any atom is 0.191 e. The van der Waals surface area contributed by atoms with Gasteiger partial charge in [-0.3, -0.25) is 4.99 Å². The van der Waals surface area contributed by atoms with E-state index in [-0.39, 0.29) is 0 Å². The van der Waals surface area contributed by atoms with Gasteiger partial charge in [-0.05, 0) is 51.3 Å². The first-order chi connectivity index (χ1) is 12.1. The van der Waals surface area contributed by atoms with Crippen LogP contribution in [0.2, 0.25) is 0 Å². The predicted octanol–water partition coefficient (Wildman–Crippen LogP) is 2.93. The van der Waals surface area contributed by atoms with Crippen LogP contribution in [0.5, 0.6) is 5.75 Å². The van der Waals surface area contributed by atoms with Crippen molar-refractivity contribution in [1.29, 1.82) is 0 Å². The summed E-state index contributed by atoms with van der Waals surface area (Å²) in [6.45, 7) is 8.48. The topological polar surface area (TPSA) is 48.9 Å². The number of likely N-dealkylation sites (tertiary alicyclic amines) is 1. The molecule has 2 rings (SSSR count). The molecule has 0 spiro atoms. The molecule has 0 aliphatic carbocycles. The molecule has 0 amide bonds. The summed E-state index contributed by atoms with van der Waals surface area (Å²) in [7, 11) is 3.53. The molecular formula is C20H34N4O. The molecule has 0 saturated carbocycles. The average molecular weight is 347 g/mol. The smallest absolute Gasteiger partial charge is 0.191 e. The third-order valence-electron chi connectivity index (χ3n) is 4.97. The number of guanidine groups is 1. The van der Waals surface area contributed by atoms with E-state index in [0.29, 0.717) is 6.54 Å². The van der Waals surface area contributed by atoms with Crippen LogP contribution in [-0.4, -0.2) is 50.7 Å². The number of nitrogens with zero attached hydrogens (tertiary/aromatic N) is 2. The fourth-order valence-corrected chi connectivity index (χ4v) is 3.38. The third kappa shape index (κ3) is 6.24. The number of methoxy groups -OCH3 is 1. The van der Waals surface area contributed by atoms with Crippen molar-refractivity contribution in [2.45, 2.75) is 52.1 Å². The molecule has 0 bridgehead atoms. The monoisotopic (exact) mass is 346 g/mol. The van der Waals surface area contributed by atoms with Crippen molar-refractivity contribution in [3.63, 3.8) is 0 Å². The Morgan fingerprint density at radius 3 is 2.88 bits per heavy atom. The zero-order valence-electron chi connectivity index (χ0n) is 16.3. The molecule has 1 fully saturated rings. The fourth-order valence-electron chi connectivity index (χ4n) is 3.38. The number of benzene rings is 1. The minimum atomic E-state index is 0.701. The second kappa shape index (κ2) is 10.3. The Kier molecular flexibility index (Phi) is 8.06. The lowest BCUT2D eigenvalue weighted by atomic mass is 10.0. The van der Waals surface area contributed by atoms with Crippen molar-refractivity contribution in [2.75, 3.05) is 33.8 Å². The Morgan fingerprint density at radius 1 is 1.32 bits per heavy atom. The number of aliphatic imine (C=N–C) groups is 1. The van der Waals surface area contributed by atoms with Crippen LogP contribution < -0.4 is 15.4 Å². The Bertz CT molecular complexity index is 559. The number of nitrogens with one attached hydrogen (secondary N) is 2. The molecule has 1 aromatic carbocycles. The molecule has 2 N–H and O–H groups in total. The van der Waals surface area contributed by atoms with Gasteiger partial charge in [-0.1, -0.05) is 18.6 Å². The summed E-state index contributed by atoms with van der Waals surface area (Å²) in [5.41, 5.74) is 2.34. The molecule has 1 aliphatic rings. The summed E-state index contributed by atoms with van der Waals surface area (Å²) in [5, 5.41) is 6.79. The van der Waals surface area contributed by atoms with Crippen LogP contribution in [-0.2, 0) is 6.54 Å². The normalized spacial score (nSPS) is 18.9. The average Bonchev–Trinajstić information content (AvgIpc) is 2.63. The van der Waals surface area contributed by atoms with Crippen LogP contribution in [0.25, 0.3) is 0 Å². The van der Waals surface area contributed by atoms with E-state index in [1.165, 1.54) is 31.4 Å². The first kappa shape index (κ1) is 19.6. The zero-order chi connectivity index (χ0) is 18.1. The summed E-state index contributed by atoms with van der Waals surface area (Å²) in [6.07, 6.45) is 5.21. The van der Waals surface area contributed by atoms with E-state index in [1.807, 2.05) is 7.05 Å². The van der Waals surface area contributed by atoms with E-state index in [1.54, 1.807) is 7.11 Å². The molecule has 1 heterocycles. The van der Waals surface area contributed by atoms with Crippen LogP contribution in [0.4, 0.5) is 0 Å². The highest BCUT2D eigenvalue weighted by Crippen LogP contribution is 2.19. The van der Waals surface area contributed by atoms with Crippen molar-refractivity contribution >= 4 is 5.96 Å². The Morgan fingerprint density at radius 2 is 2.16 bits per heavy atom. The van der Waals surface area contributed by atoms with Crippen molar-refractivity contribution in [1.82, 2.24) is 15.5 Å². The lowest BCUT2D eigenvalue weighted by molar-refractivity contribution is 0.159. The SMILES string of the molecule is CN=C(NCCCN1CCCCC1C)NCc1ccc(C)cc1OC. The molecule has 0 radical (unpaired) electrons. The quantitative estimate of drug-likeness (QED) is 0.453. The number of hydrogen-bond acceptors (Lipinski definition) is 3. The molecule has 1 aliphatic heterocycles. The summed E-state index contributed by atoms with van der Waals surface area (Å²) in [6, 6.07) is 7.01. The summed E-state index contributed by atoms with van der Waals surface area (Å²) >= 11 is 0. The zero-order valence-corrected chi connectivity index (χ0v) is 16.3. The standard InChI is InChI=1S/C20H34N4O/c1-16-9-10-18(19(14-16)25-4)15-23-20(21-3)22-11-7-13-24-12-6-5-8-17(24)2/h9-10,14,17H,5-8,11-13,15H2,1-4H3,(H2,21,22,23). The van der Waals surface area contributed by atoms with Crippen molar-refractivity contribution in [3.8, 4) is 5.75 Å². The van der Waals surface area contributed by atoms with E-state index < -0.39 is 0 Å². The van der Waals surface area contributed by atoms with Gasteiger partial charge < -0.3 is 20.3 Å². The molecule has 1 aromatic rings. The summed E-state index contributed by atoms with van der Waals surface area (Å²) < 4.78 is 5.46. The highest BCUT2D eigenvalue weighted by molar-refractivity contribution is 5.79. The lowest BCUT2D eigenvalue weighted by Crippen LogP contribution is -2.41. The van der Waals surface area contributed by atoms with Gasteiger partial charge in [-0.25, -0.2) is 0 Å². The van der Waals surface area contributed by atoms with Gasteiger partial charge in [0.1, 0.15) is 5.75 Å². The van der Waals surface area contributed by atoms with Crippen LogP contribution in [0.3, 0.4) is 0 Å². The largest absolute Gasteiger partial charge is 0.496 e.